The highest BCUT2D eigenvalue weighted by atomic mass is 32.2. The zero-order chi connectivity index (χ0) is 11.4. The monoisotopic (exact) mass is 232 g/mol. The molecule has 0 saturated heterocycles. The molecule has 0 saturated carbocycles. The van der Waals surface area contributed by atoms with Gasteiger partial charge in [-0.1, -0.05) is 32.6 Å². The van der Waals surface area contributed by atoms with Crippen LogP contribution in [0.1, 0.15) is 52.4 Å². The number of carbonyl (C=O) groups excluding carboxylic acids is 1. The Bertz CT molecular complexity index is 149. The lowest BCUT2D eigenvalue weighted by molar-refractivity contribution is -0.142. The fourth-order valence-electron chi connectivity index (χ4n) is 1.30. The van der Waals surface area contributed by atoms with E-state index in [0.717, 1.165) is 5.75 Å². The van der Waals surface area contributed by atoms with Crippen molar-refractivity contribution in [1.29, 1.82) is 0 Å². The average Bonchev–Trinajstić information content (AvgIpc) is 2.22. The van der Waals surface area contributed by atoms with Gasteiger partial charge in [-0.25, -0.2) is 0 Å². The third-order valence-corrected chi connectivity index (χ3v) is 3.22. The van der Waals surface area contributed by atoms with Crippen molar-refractivity contribution in [2.24, 2.45) is 0 Å². The number of carbonyl (C=O) groups is 1. The first-order valence-electron chi connectivity index (χ1n) is 6.04. The summed E-state index contributed by atoms with van der Waals surface area (Å²) in [7, 11) is 0. The van der Waals surface area contributed by atoms with Crippen LogP contribution in [0.15, 0.2) is 0 Å². The molecule has 0 aromatic heterocycles. The molecule has 0 spiro atoms. The predicted molar refractivity (Wildman–Crippen MR) is 67.3 cm³/mol. The number of esters is 1. The second-order valence-corrected chi connectivity index (χ2v) is 4.81. The zero-order valence-electron chi connectivity index (χ0n) is 10.1. The summed E-state index contributed by atoms with van der Waals surface area (Å²) in [6.45, 7) is 4.58. The lowest BCUT2D eigenvalue weighted by Gasteiger charge is -2.02. The van der Waals surface area contributed by atoms with E-state index in [-0.39, 0.29) is 5.97 Å². The quantitative estimate of drug-likeness (QED) is 0.425. The molecule has 0 fully saturated rings. The normalized spacial score (nSPS) is 10.3. The first-order chi connectivity index (χ1) is 7.31. The first-order valence-corrected chi connectivity index (χ1v) is 7.20. The van der Waals surface area contributed by atoms with E-state index < -0.39 is 0 Å². The van der Waals surface area contributed by atoms with E-state index in [2.05, 4.69) is 6.92 Å². The van der Waals surface area contributed by atoms with Crippen LogP contribution < -0.4 is 0 Å². The van der Waals surface area contributed by atoms with Crippen LogP contribution in [0.4, 0.5) is 0 Å². The maximum absolute atomic E-state index is 11.0. The van der Waals surface area contributed by atoms with Crippen molar-refractivity contribution >= 4 is 17.7 Å². The lowest BCUT2D eigenvalue weighted by atomic mass is 10.2. The van der Waals surface area contributed by atoms with Crippen molar-refractivity contribution in [2.75, 3.05) is 18.1 Å². The summed E-state index contributed by atoms with van der Waals surface area (Å²) in [6.07, 6.45) is 7.19. The van der Waals surface area contributed by atoms with E-state index in [1.54, 1.807) is 0 Å². The molecule has 0 N–H and O–H groups in total. The van der Waals surface area contributed by atoms with Gasteiger partial charge in [-0.15, -0.1) is 0 Å². The van der Waals surface area contributed by atoms with Crippen molar-refractivity contribution in [3.05, 3.63) is 0 Å². The molecule has 2 nitrogen and oxygen atoms in total. The van der Waals surface area contributed by atoms with Crippen molar-refractivity contribution < 1.29 is 9.53 Å². The lowest BCUT2D eigenvalue weighted by Crippen LogP contribution is -2.04. The van der Waals surface area contributed by atoms with Crippen LogP contribution in [0.5, 0.6) is 0 Å². The van der Waals surface area contributed by atoms with Gasteiger partial charge in [0, 0.05) is 5.75 Å². The zero-order valence-corrected chi connectivity index (χ0v) is 10.9. The fraction of sp³-hybridized carbons (Fsp3) is 0.917. The molecule has 0 aromatic rings. The topological polar surface area (TPSA) is 26.3 Å². The molecule has 0 aromatic carbocycles. The fourth-order valence-corrected chi connectivity index (χ4v) is 2.22. The maximum Gasteiger partial charge on any atom is 0.306 e. The standard InChI is InChI=1S/C12H24O2S/c1-3-5-6-7-8-10-15-11-9-12(13)14-4-2/h3-11H2,1-2H3. The van der Waals surface area contributed by atoms with Gasteiger partial charge >= 0.3 is 5.97 Å². The van der Waals surface area contributed by atoms with E-state index in [1.807, 2.05) is 18.7 Å². The Morgan fingerprint density at radius 3 is 2.47 bits per heavy atom. The molecule has 0 radical (unpaired) electrons. The number of hydrogen-bond donors (Lipinski definition) is 0. The molecule has 15 heavy (non-hydrogen) atoms. The van der Waals surface area contributed by atoms with Crippen LogP contribution in [-0.2, 0) is 9.53 Å². The van der Waals surface area contributed by atoms with Crippen molar-refractivity contribution in [3.63, 3.8) is 0 Å². The van der Waals surface area contributed by atoms with Crippen molar-refractivity contribution in [3.8, 4) is 0 Å². The summed E-state index contributed by atoms with van der Waals surface area (Å²) >= 11 is 1.86. The summed E-state index contributed by atoms with van der Waals surface area (Å²) in [5, 5.41) is 0. The van der Waals surface area contributed by atoms with Gasteiger partial charge in [-0.3, -0.25) is 4.79 Å². The molecule has 0 aliphatic heterocycles. The number of thioether (sulfide) groups is 1. The third kappa shape index (κ3) is 11.7. The first kappa shape index (κ1) is 14.8. The van der Waals surface area contributed by atoms with Gasteiger partial charge in [0.1, 0.15) is 0 Å². The molecule has 0 atom stereocenters. The highest BCUT2D eigenvalue weighted by molar-refractivity contribution is 7.99. The molecule has 0 bridgehead atoms. The number of ether oxygens (including phenoxy) is 1. The Morgan fingerprint density at radius 1 is 1.07 bits per heavy atom. The van der Waals surface area contributed by atoms with E-state index in [4.69, 9.17) is 4.74 Å². The van der Waals surface area contributed by atoms with Crippen LogP contribution in [0.2, 0.25) is 0 Å². The third-order valence-electron chi connectivity index (χ3n) is 2.15. The smallest absolute Gasteiger partial charge is 0.306 e. The van der Waals surface area contributed by atoms with Crippen molar-refractivity contribution in [1.82, 2.24) is 0 Å². The van der Waals surface area contributed by atoms with Crippen LogP contribution in [-0.4, -0.2) is 24.1 Å². The van der Waals surface area contributed by atoms with Gasteiger partial charge in [0.15, 0.2) is 0 Å². The molecule has 90 valence electrons. The van der Waals surface area contributed by atoms with Gasteiger partial charge in [0.2, 0.25) is 0 Å². The number of rotatable bonds is 10. The SMILES string of the molecule is CCCCCCCSCCC(=O)OCC. The molecule has 3 heteroatoms. The van der Waals surface area contributed by atoms with Crippen LogP contribution in [0.3, 0.4) is 0 Å². The summed E-state index contributed by atoms with van der Waals surface area (Å²) in [4.78, 5) is 11.0. The van der Waals surface area contributed by atoms with Crippen LogP contribution >= 0.6 is 11.8 Å². The van der Waals surface area contributed by atoms with E-state index in [9.17, 15) is 4.79 Å². The van der Waals surface area contributed by atoms with E-state index in [0.29, 0.717) is 13.0 Å². The molecule has 0 heterocycles. The minimum absolute atomic E-state index is 0.0593. The molecule has 0 unspecified atom stereocenters. The van der Waals surface area contributed by atoms with Gasteiger partial charge in [0.05, 0.1) is 13.0 Å². The molecule has 0 aliphatic rings. The van der Waals surface area contributed by atoms with Gasteiger partial charge in [-0.05, 0) is 19.1 Å². The summed E-state index contributed by atoms with van der Waals surface area (Å²) in [5.74, 6) is 2.03. The molecule has 0 rings (SSSR count). The van der Waals surface area contributed by atoms with E-state index in [1.165, 1.54) is 37.9 Å². The van der Waals surface area contributed by atoms with Crippen molar-refractivity contribution in [2.45, 2.75) is 52.4 Å². The Balaban J connectivity index is 3.01. The second-order valence-electron chi connectivity index (χ2n) is 3.58. The predicted octanol–water partition coefficient (Wildman–Crippen LogP) is 3.64. The number of unbranched alkanes of at least 4 members (excludes halogenated alkanes) is 4. The molecule has 0 aliphatic carbocycles. The second kappa shape index (κ2) is 11.9. The van der Waals surface area contributed by atoms with Crippen LogP contribution in [0, 0.1) is 0 Å². The highest BCUT2D eigenvalue weighted by Crippen LogP contribution is 2.09. The van der Waals surface area contributed by atoms with Gasteiger partial charge in [-0.2, -0.15) is 11.8 Å². The largest absolute Gasteiger partial charge is 0.466 e. The molecular formula is C12H24O2S. The van der Waals surface area contributed by atoms with Gasteiger partial charge < -0.3 is 4.74 Å². The Morgan fingerprint density at radius 2 is 1.80 bits per heavy atom. The van der Waals surface area contributed by atoms with Gasteiger partial charge in [0.25, 0.3) is 0 Å². The van der Waals surface area contributed by atoms with Crippen LogP contribution in [0.25, 0.3) is 0 Å². The summed E-state index contributed by atoms with van der Waals surface area (Å²) < 4.78 is 4.85. The minimum Gasteiger partial charge on any atom is -0.466 e. The molecule has 0 amide bonds. The summed E-state index contributed by atoms with van der Waals surface area (Å²) in [6, 6.07) is 0. The summed E-state index contributed by atoms with van der Waals surface area (Å²) in [5.41, 5.74) is 0. The van der Waals surface area contributed by atoms with E-state index >= 15 is 0 Å². The molecular weight excluding hydrogens is 208 g/mol. The number of hydrogen-bond acceptors (Lipinski definition) is 3. The maximum atomic E-state index is 11.0. The Kier molecular flexibility index (Phi) is 11.7. The average molecular weight is 232 g/mol. The minimum atomic E-state index is -0.0593. The Hall–Kier alpha value is -0.180. The highest BCUT2D eigenvalue weighted by Gasteiger charge is 2.00. The Labute approximate surface area is 98.2 Å².